The zero-order valence-electron chi connectivity index (χ0n) is 8.73. The molecule has 8 heteroatoms. The maximum absolute atomic E-state index is 12.2. The molecule has 2 rings (SSSR count). The Morgan fingerprint density at radius 2 is 1.89 bits per heavy atom. The number of amides is 1. The summed E-state index contributed by atoms with van der Waals surface area (Å²) in [6.07, 6.45) is -4.73. The molecule has 0 radical (unpaired) electrons. The Labute approximate surface area is 98.6 Å². The van der Waals surface area contributed by atoms with E-state index in [1.165, 1.54) is 12.1 Å². The van der Waals surface area contributed by atoms with Gasteiger partial charge in [0.15, 0.2) is 0 Å². The second-order valence-corrected chi connectivity index (χ2v) is 3.24. The number of hydrogen-bond donors (Lipinski definition) is 1. The van der Waals surface area contributed by atoms with Crippen LogP contribution in [-0.4, -0.2) is 16.0 Å². The fraction of sp³-hybridized carbons (Fsp3) is 0.100. The quantitative estimate of drug-likeness (QED) is 0.896. The summed E-state index contributed by atoms with van der Waals surface area (Å²) in [5.41, 5.74) is 0.274. The molecule has 0 aliphatic rings. The van der Waals surface area contributed by atoms with Crippen molar-refractivity contribution in [3.8, 4) is 0 Å². The van der Waals surface area contributed by atoms with Crippen molar-refractivity contribution < 1.29 is 22.5 Å². The lowest BCUT2D eigenvalue weighted by atomic mass is 10.2. The van der Waals surface area contributed by atoms with Crippen LogP contribution < -0.4 is 5.32 Å². The van der Waals surface area contributed by atoms with Crippen molar-refractivity contribution in [1.82, 2.24) is 10.1 Å². The van der Waals surface area contributed by atoms with E-state index >= 15 is 0 Å². The standard InChI is InChI=1S/C10H6F3N3O2/c11-10(12,13)8-15-9(16-18-8)14-7(17)6-4-2-1-3-5-6/h1-5H,(H,14,16,17). The molecule has 1 amide bonds. The van der Waals surface area contributed by atoms with Gasteiger partial charge in [0.05, 0.1) is 0 Å². The van der Waals surface area contributed by atoms with Gasteiger partial charge in [-0.2, -0.15) is 18.2 Å². The van der Waals surface area contributed by atoms with Crippen LogP contribution in [0.15, 0.2) is 34.9 Å². The number of carbonyl (C=O) groups is 1. The summed E-state index contributed by atoms with van der Waals surface area (Å²) in [7, 11) is 0. The summed E-state index contributed by atoms with van der Waals surface area (Å²) in [6.45, 7) is 0. The average molecular weight is 257 g/mol. The number of halogens is 3. The van der Waals surface area contributed by atoms with Crippen molar-refractivity contribution in [2.75, 3.05) is 5.32 Å². The minimum atomic E-state index is -4.73. The minimum Gasteiger partial charge on any atom is -0.327 e. The molecule has 1 aromatic carbocycles. The SMILES string of the molecule is O=C(Nc1noc(C(F)(F)F)n1)c1ccccc1. The molecule has 0 saturated heterocycles. The number of rotatable bonds is 2. The summed E-state index contributed by atoms with van der Waals surface area (Å²) in [6, 6.07) is 7.94. The number of anilines is 1. The smallest absolute Gasteiger partial charge is 0.327 e. The largest absolute Gasteiger partial charge is 0.471 e. The van der Waals surface area contributed by atoms with E-state index in [4.69, 9.17) is 0 Å². The molecule has 0 bridgehead atoms. The third kappa shape index (κ3) is 2.65. The lowest BCUT2D eigenvalue weighted by Gasteiger charge is -1.99. The molecule has 0 unspecified atom stereocenters. The molecule has 1 N–H and O–H groups in total. The van der Waals surface area contributed by atoms with Gasteiger partial charge in [0.25, 0.3) is 11.9 Å². The van der Waals surface area contributed by atoms with Crippen molar-refractivity contribution in [2.24, 2.45) is 0 Å². The maximum atomic E-state index is 12.2. The third-order valence-corrected chi connectivity index (χ3v) is 1.93. The Balaban J connectivity index is 2.11. The first-order valence-corrected chi connectivity index (χ1v) is 4.74. The normalized spacial score (nSPS) is 11.3. The van der Waals surface area contributed by atoms with Crippen molar-refractivity contribution in [1.29, 1.82) is 0 Å². The molecule has 5 nitrogen and oxygen atoms in total. The molecule has 1 aromatic heterocycles. The molecule has 0 saturated carbocycles. The summed E-state index contributed by atoms with van der Waals surface area (Å²) < 4.78 is 40.4. The molecular formula is C10H6F3N3O2. The van der Waals surface area contributed by atoms with Crippen LogP contribution in [0.5, 0.6) is 0 Å². The van der Waals surface area contributed by atoms with Crippen molar-refractivity contribution >= 4 is 11.9 Å². The molecule has 2 aromatic rings. The monoisotopic (exact) mass is 257 g/mol. The number of benzene rings is 1. The van der Waals surface area contributed by atoms with E-state index in [2.05, 4.69) is 20.0 Å². The average Bonchev–Trinajstić information content (AvgIpc) is 2.78. The van der Waals surface area contributed by atoms with Gasteiger partial charge in [-0.1, -0.05) is 18.2 Å². The van der Waals surface area contributed by atoms with Gasteiger partial charge in [-0.3, -0.25) is 10.1 Å². The summed E-state index contributed by atoms with van der Waals surface area (Å²) in [5.74, 6) is -2.66. The van der Waals surface area contributed by atoms with Crippen molar-refractivity contribution in [2.45, 2.75) is 6.18 Å². The number of alkyl halides is 3. The highest BCUT2D eigenvalue weighted by atomic mass is 19.4. The van der Waals surface area contributed by atoms with Gasteiger partial charge >= 0.3 is 12.1 Å². The zero-order valence-corrected chi connectivity index (χ0v) is 8.73. The van der Waals surface area contributed by atoms with Gasteiger partial charge in [-0.05, 0) is 17.3 Å². The van der Waals surface area contributed by atoms with Gasteiger partial charge in [0, 0.05) is 5.56 Å². The topological polar surface area (TPSA) is 68.0 Å². The Kier molecular flexibility index (Phi) is 3.00. The first-order valence-electron chi connectivity index (χ1n) is 4.74. The van der Waals surface area contributed by atoms with E-state index in [0.717, 1.165) is 0 Å². The predicted molar refractivity (Wildman–Crippen MR) is 53.7 cm³/mol. The first-order chi connectivity index (χ1) is 8.47. The van der Waals surface area contributed by atoms with Crippen LogP contribution in [-0.2, 0) is 6.18 Å². The summed E-state index contributed by atoms with van der Waals surface area (Å²) >= 11 is 0. The second-order valence-electron chi connectivity index (χ2n) is 3.24. The van der Waals surface area contributed by atoms with Crippen molar-refractivity contribution in [3.63, 3.8) is 0 Å². The van der Waals surface area contributed by atoms with Gasteiger partial charge in [-0.15, -0.1) is 0 Å². The molecule has 0 atom stereocenters. The van der Waals surface area contributed by atoms with Crippen LogP contribution in [0.25, 0.3) is 0 Å². The fourth-order valence-electron chi connectivity index (χ4n) is 1.15. The zero-order chi connectivity index (χ0) is 13.2. The molecular weight excluding hydrogens is 251 g/mol. The lowest BCUT2D eigenvalue weighted by molar-refractivity contribution is -0.159. The van der Waals surface area contributed by atoms with Crippen molar-refractivity contribution in [3.05, 3.63) is 41.8 Å². The Hall–Kier alpha value is -2.38. The Morgan fingerprint density at radius 1 is 1.22 bits per heavy atom. The van der Waals surface area contributed by atoms with E-state index in [1.54, 1.807) is 18.2 Å². The minimum absolute atomic E-state index is 0.274. The first kappa shape index (κ1) is 12.1. The molecule has 0 spiro atoms. The highest BCUT2D eigenvalue weighted by Gasteiger charge is 2.38. The van der Waals surface area contributed by atoms with Crippen LogP contribution in [0.1, 0.15) is 16.2 Å². The van der Waals surface area contributed by atoms with Crippen LogP contribution in [0.4, 0.5) is 19.1 Å². The number of aromatic nitrogens is 2. The van der Waals surface area contributed by atoms with E-state index in [0.29, 0.717) is 0 Å². The van der Waals surface area contributed by atoms with Gasteiger partial charge in [0.1, 0.15) is 0 Å². The Morgan fingerprint density at radius 3 is 2.44 bits per heavy atom. The van der Waals surface area contributed by atoms with Gasteiger partial charge in [-0.25, -0.2) is 0 Å². The fourth-order valence-corrected chi connectivity index (χ4v) is 1.15. The maximum Gasteiger partial charge on any atom is 0.471 e. The lowest BCUT2D eigenvalue weighted by Crippen LogP contribution is -2.13. The number of nitrogens with zero attached hydrogens (tertiary/aromatic N) is 2. The number of carbonyl (C=O) groups excluding carboxylic acids is 1. The molecule has 1 heterocycles. The molecule has 0 aliphatic heterocycles. The van der Waals surface area contributed by atoms with Gasteiger partial charge < -0.3 is 4.52 Å². The van der Waals surface area contributed by atoms with Gasteiger partial charge in [0.2, 0.25) is 0 Å². The number of nitrogens with one attached hydrogen (secondary N) is 1. The van der Waals surface area contributed by atoms with E-state index in [-0.39, 0.29) is 5.56 Å². The summed E-state index contributed by atoms with van der Waals surface area (Å²) in [5, 5.41) is 5.11. The van der Waals surface area contributed by atoms with E-state index in [1.807, 2.05) is 0 Å². The molecule has 0 aliphatic carbocycles. The van der Waals surface area contributed by atoms with Crippen LogP contribution in [0, 0.1) is 0 Å². The highest BCUT2D eigenvalue weighted by Crippen LogP contribution is 2.28. The van der Waals surface area contributed by atoms with Crippen LogP contribution >= 0.6 is 0 Å². The highest BCUT2D eigenvalue weighted by molar-refractivity contribution is 6.03. The van der Waals surface area contributed by atoms with E-state index in [9.17, 15) is 18.0 Å². The second kappa shape index (κ2) is 4.47. The summed E-state index contributed by atoms with van der Waals surface area (Å²) in [4.78, 5) is 14.6. The Bertz CT molecular complexity index is 551. The predicted octanol–water partition coefficient (Wildman–Crippen LogP) is 2.34. The van der Waals surface area contributed by atoms with Crippen LogP contribution in [0.3, 0.4) is 0 Å². The van der Waals surface area contributed by atoms with Crippen LogP contribution in [0.2, 0.25) is 0 Å². The molecule has 18 heavy (non-hydrogen) atoms. The molecule has 94 valence electrons. The molecule has 0 fully saturated rings. The van der Waals surface area contributed by atoms with E-state index < -0.39 is 23.9 Å². The number of hydrogen-bond acceptors (Lipinski definition) is 4. The third-order valence-electron chi connectivity index (χ3n) is 1.93.